The molecule has 5 heteroatoms. The average Bonchev–Trinajstić information content (AvgIpc) is 2.71. The molecule has 0 fully saturated rings. The Labute approximate surface area is 95.3 Å². The van der Waals surface area contributed by atoms with Crippen LogP contribution in [0, 0.1) is 17.2 Å². The second kappa shape index (κ2) is 5.31. The lowest BCUT2D eigenvalue weighted by molar-refractivity contribution is 0.0741. The number of rotatable bonds is 4. The van der Waals surface area contributed by atoms with Gasteiger partial charge < -0.3 is 4.90 Å². The normalized spacial score (nSPS) is 11.9. The molecule has 1 unspecified atom stereocenters. The molecule has 1 amide bonds. The van der Waals surface area contributed by atoms with Crippen LogP contribution in [-0.2, 0) is 7.05 Å². The maximum absolute atomic E-state index is 12.1. The number of hydrogen-bond acceptors (Lipinski definition) is 3. The van der Waals surface area contributed by atoms with E-state index in [1.807, 2.05) is 6.92 Å². The van der Waals surface area contributed by atoms with Crippen molar-refractivity contribution < 1.29 is 4.79 Å². The summed E-state index contributed by atoms with van der Waals surface area (Å²) in [7, 11) is 1.73. The van der Waals surface area contributed by atoms with Crippen molar-refractivity contribution in [1.82, 2.24) is 14.7 Å². The summed E-state index contributed by atoms with van der Waals surface area (Å²) in [6.45, 7) is 4.75. The van der Waals surface area contributed by atoms with E-state index < -0.39 is 0 Å². The van der Waals surface area contributed by atoms with Gasteiger partial charge >= 0.3 is 0 Å². The molecule has 0 saturated carbocycles. The molecule has 0 aliphatic carbocycles. The van der Waals surface area contributed by atoms with Gasteiger partial charge in [-0.15, -0.1) is 0 Å². The molecular weight excluding hydrogens is 204 g/mol. The number of aromatic nitrogens is 2. The fraction of sp³-hybridized carbons (Fsp3) is 0.545. The summed E-state index contributed by atoms with van der Waals surface area (Å²) >= 11 is 0. The summed E-state index contributed by atoms with van der Waals surface area (Å²) in [5, 5.41) is 12.7. The molecule has 16 heavy (non-hydrogen) atoms. The highest BCUT2D eigenvalue weighted by Gasteiger charge is 2.18. The van der Waals surface area contributed by atoms with Crippen LogP contribution in [0.1, 0.15) is 24.3 Å². The van der Waals surface area contributed by atoms with Gasteiger partial charge in [-0.05, 0) is 19.9 Å². The summed E-state index contributed by atoms with van der Waals surface area (Å²) < 4.78 is 1.54. The van der Waals surface area contributed by atoms with Gasteiger partial charge in [0.15, 0.2) is 0 Å². The van der Waals surface area contributed by atoms with Crippen molar-refractivity contribution in [2.75, 3.05) is 13.1 Å². The Kier molecular flexibility index (Phi) is 4.06. The van der Waals surface area contributed by atoms with Crippen molar-refractivity contribution in [2.45, 2.75) is 13.8 Å². The minimum absolute atomic E-state index is 0.0791. The molecule has 86 valence electrons. The van der Waals surface area contributed by atoms with Crippen LogP contribution in [0.4, 0.5) is 0 Å². The molecule has 0 aromatic carbocycles. The molecule has 1 heterocycles. The molecule has 0 aliphatic rings. The van der Waals surface area contributed by atoms with Gasteiger partial charge in [-0.1, -0.05) is 0 Å². The van der Waals surface area contributed by atoms with Crippen molar-refractivity contribution in [3.63, 3.8) is 0 Å². The predicted molar refractivity (Wildman–Crippen MR) is 59.6 cm³/mol. The Morgan fingerprint density at radius 2 is 2.44 bits per heavy atom. The second-order valence-corrected chi connectivity index (χ2v) is 3.71. The summed E-state index contributed by atoms with van der Waals surface area (Å²) in [6.07, 6.45) is 1.59. The predicted octanol–water partition coefficient (Wildman–Crippen LogP) is 1.04. The molecule has 0 spiro atoms. The van der Waals surface area contributed by atoms with Crippen molar-refractivity contribution in [3.8, 4) is 6.07 Å². The van der Waals surface area contributed by atoms with Gasteiger partial charge in [-0.3, -0.25) is 9.48 Å². The lowest BCUT2D eigenvalue weighted by Crippen LogP contribution is -2.35. The lowest BCUT2D eigenvalue weighted by atomic mass is 10.2. The molecule has 1 aromatic heterocycles. The van der Waals surface area contributed by atoms with Gasteiger partial charge in [0.25, 0.3) is 5.91 Å². The summed E-state index contributed by atoms with van der Waals surface area (Å²) in [6, 6.07) is 3.81. The Morgan fingerprint density at radius 1 is 1.75 bits per heavy atom. The van der Waals surface area contributed by atoms with Gasteiger partial charge in [0, 0.05) is 26.3 Å². The molecule has 0 radical (unpaired) electrons. The minimum Gasteiger partial charge on any atom is -0.336 e. The first kappa shape index (κ1) is 12.2. The third-order valence-corrected chi connectivity index (χ3v) is 2.42. The average molecular weight is 220 g/mol. The van der Waals surface area contributed by atoms with Crippen LogP contribution < -0.4 is 0 Å². The number of nitrogens with zero attached hydrogens (tertiary/aromatic N) is 4. The van der Waals surface area contributed by atoms with Crippen LogP contribution in [0.3, 0.4) is 0 Å². The topological polar surface area (TPSA) is 61.9 Å². The van der Waals surface area contributed by atoms with E-state index in [2.05, 4.69) is 11.2 Å². The largest absolute Gasteiger partial charge is 0.336 e. The number of carbonyl (C=O) groups is 1. The Balaban J connectivity index is 2.79. The number of hydrogen-bond donors (Lipinski definition) is 0. The van der Waals surface area contributed by atoms with Crippen LogP contribution in [-0.4, -0.2) is 33.7 Å². The van der Waals surface area contributed by atoms with E-state index in [0.717, 1.165) is 0 Å². The van der Waals surface area contributed by atoms with E-state index in [1.54, 1.807) is 35.8 Å². The van der Waals surface area contributed by atoms with Gasteiger partial charge in [-0.25, -0.2) is 0 Å². The molecular formula is C11H16N4O. The van der Waals surface area contributed by atoms with E-state index in [9.17, 15) is 4.79 Å². The quantitative estimate of drug-likeness (QED) is 0.761. The van der Waals surface area contributed by atoms with Gasteiger partial charge in [-0.2, -0.15) is 10.4 Å². The number of aryl methyl sites for hydroxylation is 1. The van der Waals surface area contributed by atoms with Crippen LogP contribution in [0.15, 0.2) is 12.3 Å². The zero-order chi connectivity index (χ0) is 12.1. The van der Waals surface area contributed by atoms with E-state index in [4.69, 9.17) is 5.26 Å². The molecule has 0 N–H and O–H groups in total. The van der Waals surface area contributed by atoms with Crippen molar-refractivity contribution in [1.29, 1.82) is 5.26 Å². The molecule has 1 aromatic rings. The van der Waals surface area contributed by atoms with Crippen molar-refractivity contribution >= 4 is 5.91 Å². The lowest BCUT2D eigenvalue weighted by Gasteiger charge is -2.21. The minimum atomic E-state index is -0.155. The first-order valence-corrected chi connectivity index (χ1v) is 5.27. The molecule has 1 atom stereocenters. The van der Waals surface area contributed by atoms with Gasteiger partial charge in [0.05, 0.1) is 12.0 Å². The molecule has 5 nitrogen and oxygen atoms in total. The first-order chi connectivity index (χ1) is 7.60. The summed E-state index contributed by atoms with van der Waals surface area (Å²) in [5.41, 5.74) is 0.548. The number of carbonyl (C=O) groups excluding carboxylic acids is 1. The van der Waals surface area contributed by atoms with Crippen molar-refractivity contribution in [2.24, 2.45) is 13.0 Å². The van der Waals surface area contributed by atoms with Gasteiger partial charge in [0.2, 0.25) is 0 Å². The number of amides is 1. The molecule has 0 bridgehead atoms. The standard InChI is InChI=1S/C11H16N4O/c1-4-15(8-9(2)7-12)11(16)10-5-6-13-14(10)3/h5-6,9H,4,8H2,1-3H3. The van der Waals surface area contributed by atoms with E-state index in [1.165, 1.54) is 0 Å². The zero-order valence-corrected chi connectivity index (χ0v) is 9.84. The summed E-state index contributed by atoms with van der Waals surface area (Å²) in [5.74, 6) is -0.235. The Hall–Kier alpha value is -1.83. The van der Waals surface area contributed by atoms with Crippen molar-refractivity contribution in [3.05, 3.63) is 18.0 Å². The first-order valence-electron chi connectivity index (χ1n) is 5.27. The van der Waals surface area contributed by atoms with Gasteiger partial charge in [0.1, 0.15) is 5.69 Å². The van der Waals surface area contributed by atoms with Crippen LogP contribution in [0.5, 0.6) is 0 Å². The monoisotopic (exact) mass is 220 g/mol. The van der Waals surface area contributed by atoms with Crippen LogP contribution >= 0.6 is 0 Å². The van der Waals surface area contributed by atoms with Crippen LogP contribution in [0.25, 0.3) is 0 Å². The SMILES string of the molecule is CCN(CC(C)C#N)C(=O)c1ccnn1C. The maximum Gasteiger partial charge on any atom is 0.272 e. The molecule has 1 rings (SSSR count). The fourth-order valence-electron chi connectivity index (χ4n) is 1.47. The zero-order valence-electron chi connectivity index (χ0n) is 9.84. The second-order valence-electron chi connectivity index (χ2n) is 3.71. The maximum atomic E-state index is 12.1. The van der Waals surface area contributed by atoms with E-state index in [0.29, 0.717) is 18.8 Å². The fourth-order valence-corrected chi connectivity index (χ4v) is 1.47. The highest BCUT2D eigenvalue weighted by Crippen LogP contribution is 2.06. The molecule has 0 aliphatic heterocycles. The smallest absolute Gasteiger partial charge is 0.272 e. The Morgan fingerprint density at radius 3 is 2.88 bits per heavy atom. The van der Waals surface area contributed by atoms with E-state index in [-0.39, 0.29) is 11.8 Å². The highest BCUT2D eigenvalue weighted by molar-refractivity contribution is 5.92. The third-order valence-electron chi connectivity index (χ3n) is 2.42. The van der Waals surface area contributed by atoms with E-state index >= 15 is 0 Å². The highest BCUT2D eigenvalue weighted by atomic mass is 16.2. The van der Waals surface area contributed by atoms with Crippen LogP contribution in [0.2, 0.25) is 0 Å². The third kappa shape index (κ3) is 2.60. The molecule has 0 saturated heterocycles. The summed E-state index contributed by atoms with van der Waals surface area (Å²) in [4.78, 5) is 13.7. The Bertz CT molecular complexity index is 404. The number of nitriles is 1.